The van der Waals surface area contributed by atoms with Crippen molar-refractivity contribution in [2.75, 3.05) is 0 Å². The van der Waals surface area contributed by atoms with Crippen molar-refractivity contribution in [3.8, 4) is 11.1 Å². The van der Waals surface area contributed by atoms with E-state index in [1.165, 1.54) is 0 Å². The molecule has 0 bridgehead atoms. The molecule has 4 heteroatoms. The van der Waals surface area contributed by atoms with Crippen LogP contribution in [0.5, 0.6) is 0 Å². The molecule has 0 amide bonds. The topological polar surface area (TPSA) is 50.2 Å². The van der Waals surface area contributed by atoms with Crippen LogP contribution in [0.1, 0.15) is 16.7 Å². The third kappa shape index (κ3) is 4.69. The molecule has 200 valence electrons. The molecule has 7 aromatic rings. The highest BCUT2D eigenvalue weighted by atomic mass is 16.3. The second kappa shape index (κ2) is 11.1. The summed E-state index contributed by atoms with van der Waals surface area (Å²) in [5.74, 6) is 1.14. The van der Waals surface area contributed by atoms with E-state index < -0.39 is 0 Å². The summed E-state index contributed by atoms with van der Waals surface area (Å²) in [5, 5.41) is 4.36. The Hall–Kier alpha value is -5.61. The van der Waals surface area contributed by atoms with Crippen LogP contribution in [0, 0.1) is 0 Å². The molecule has 0 N–H and O–H groups in total. The number of rotatable bonds is 5. The van der Waals surface area contributed by atoms with Gasteiger partial charge in [0.2, 0.25) is 0 Å². The first-order valence-electron chi connectivity index (χ1n) is 13.9. The largest absolute Gasteiger partial charge is 0.456 e. The van der Waals surface area contributed by atoms with Gasteiger partial charge in [-0.3, -0.25) is 4.99 Å². The van der Waals surface area contributed by atoms with E-state index in [1.54, 1.807) is 0 Å². The molecule has 0 aliphatic rings. The highest BCUT2D eigenvalue weighted by Crippen LogP contribution is 2.39. The van der Waals surface area contributed by atoms with Crippen molar-refractivity contribution in [3.63, 3.8) is 0 Å². The Morgan fingerprint density at radius 2 is 1.19 bits per heavy atom. The zero-order valence-corrected chi connectivity index (χ0v) is 22.9. The molecular formula is C38H27N3O. The normalized spacial score (nSPS) is 12.3. The van der Waals surface area contributed by atoms with Crippen LogP contribution in [0.25, 0.3) is 43.8 Å². The Kier molecular flexibility index (Phi) is 6.71. The van der Waals surface area contributed by atoms with Gasteiger partial charge >= 0.3 is 0 Å². The average Bonchev–Trinajstić information content (AvgIpc) is 3.44. The maximum absolute atomic E-state index is 6.19. The van der Waals surface area contributed by atoms with Gasteiger partial charge in [-0.05, 0) is 46.3 Å². The van der Waals surface area contributed by atoms with Gasteiger partial charge in [0.05, 0.1) is 6.54 Å². The van der Waals surface area contributed by atoms with Crippen LogP contribution in [-0.4, -0.2) is 18.4 Å². The molecule has 42 heavy (non-hydrogen) atoms. The van der Waals surface area contributed by atoms with E-state index in [0.717, 1.165) is 60.5 Å². The molecule has 0 fully saturated rings. The maximum atomic E-state index is 6.19. The molecule has 0 spiro atoms. The van der Waals surface area contributed by atoms with Gasteiger partial charge in [0.15, 0.2) is 11.7 Å². The minimum atomic E-state index is 0.515. The highest BCUT2D eigenvalue weighted by Gasteiger charge is 2.16. The first-order chi connectivity index (χ1) is 20.8. The fourth-order valence-corrected chi connectivity index (χ4v) is 5.55. The third-order valence-electron chi connectivity index (χ3n) is 7.50. The SMILES string of the molecule is C=N/C(=N\C(=N/Cc1ccccc1)c1ccccc1)c1cccc2c(-c3cccc4oc5ccccc5c34)cccc12. The van der Waals surface area contributed by atoms with Crippen molar-refractivity contribution in [3.05, 3.63) is 156 Å². The molecule has 0 saturated heterocycles. The third-order valence-corrected chi connectivity index (χ3v) is 7.50. The second-order valence-corrected chi connectivity index (χ2v) is 10.1. The first kappa shape index (κ1) is 25.4. The van der Waals surface area contributed by atoms with Crippen LogP contribution in [0.2, 0.25) is 0 Å². The summed E-state index contributed by atoms with van der Waals surface area (Å²) in [4.78, 5) is 14.3. The van der Waals surface area contributed by atoms with Crippen LogP contribution >= 0.6 is 0 Å². The number of amidine groups is 2. The number of hydrogen-bond donors (Lipinski definition) is 0. The van der Waals surface area contributed by atoms with Gasteiger partial charge < -0.3 is 4.42 Å². The predicted molar refractivity (Wildman–Crippen MR) is 176 cm³/mol. The van der Waals surface area contributed by atoms with Crippen LogP contribution in [0.15, 0.2) is 159 Å². The lowest BCUT2D eigenvalue weighted by Crippen LogP contribution is -2.06. The summed E-state index contributed by atoms with van der Waals surface area (Å²) >= 11 is 0. The average molecular weight is 542 g/mol. The number of para-hydroxylation sites is 1. The number of fused-ring (bicyclic) bond motifs is 4. The Labute approximate surface area is 244 Å². The molecule has 0 atom stereocenters. The van der Waals surface area contributed by atoms with Gasteiger partial charge in [-0.1, -0.05) is 127 Å². The van der Waals surface area contributed by atoms with Gasteiger partial charge in [0.1, 0.15) is 11.2 Å². The lowest BCUT2D eigenvalue weighted by molar-refractivity contribution is 0.669. The number of nitrogens with zero attached hydrogens (tertiary/aromatic N) is 3. The number of furan rings is 1. The number of benzene rings is 6. The molecule has 0 unspecified atom stereocenters. The van der Waals surface area contributed by atoms with Crippen molar-refractivity contribution >= 4 is 51.1 Å². The van der Waals surface area contributed by atoms with Gasteiger partial charge in [-0.2, -0.15) is 0 Å². The number of hydrogen-bond acceptors (Lipinski definition) is 2. The molecule has 1 heterocycles. The molecule has 0 saturated carbocycles. The molecule has 1 aromatic heterocycles. The molecule has 4 nitrogen and oxygen atoms in total. The monoisotopic (exact) mass is 541 g/mol. The van der Waals surface area contributed by atoms with E-state index in [1.807, 2.05) is 72.8 Å². The van der Waals surface area contributed by atoms with E-state index >= 15 is 0 Å². The van der Waals surface area contributed by atoms with Crippen LogP contribution in [0.3, 0.4) is 0 Å². The first-order valence-corrected chi connectivity index (χ1v) is 13.9. The Bertz CT molecular complexity index is 2120. The fraction of sp³-hybridized carbons (Fsp3) is 0.0263. The minimum Gasteiger partial charge on any atom is -0.456 e. The minimum absolute atomic E-state index is 0.515. The van der Waals surface area contributed by atoms with E-state index in [2.05, 4.69) is 78.4 Å². The van der Waals surface area contributed by atoms with Crippen LogP contribution in [0.4, 0.5) is 0 Å². The van der Waals surface area contributed by atoms with Crippen molar-refractivity contribution in [2.45, 2.75) is 6.54 Å². The van der Waals surface area contributed by atoms with Crippen molar-refractivity contribution in [1.29, 1.82) is 0 Å². The molecule has 7 rings (SSSR count). The van der Waals surface area contributed by atoms with Crippen molar-refractivity contribution in [2.24, 2.45) is 15.0 Å². The standard InChI is InChI=1S/C38H27N3O/c1-39-38(41-37(27-15-6-3-7-16-27)40-25-26-13-4-2-5-14-26)32-22-11-18-28-29(19-10-20-30(28)32)31-21-12-24-35-36(31)33-17-8-9-23-34(33)42-35/h2-24H,1,25H2/b40-37-,41-38-. The van der Waals surface area contributed by atoms with Crippen molar-refractivity contribution < 1.29 is 4.42 Å². The van der Waals surface area contributed by atoms with E-state index in [-0.39, 0.29) is 0 Å². The zero-order valence-electron chi connectivity index (χ0n) is 22.9. The summed E-state index contributed by atoms with van der Waals surface area (Å²) in [6, 6.07) is 47.3. The quantitative estimate of drug-likeness (QED) is 0.158. The number of aliphatic imine (C=N–C) groups is 3. The fourth-order valence-electron chi connectivity index (χ4n) is 5.55. The second-order valence-electron chi connectivity index (χ2n) is 10.1. The van der Waals surface area contributed by atoms with Gasteiger partial charge in [-0.25, -0.2) is 9.98 Å². The van der Waals surface area contributed by atoms with E-state index in [4.69, 9.17) is 14.4 Å². The van der Waals surface area contributed by atoms with Crippen molar-refractivity contribution in [1.82, 2.24) is 0 Å². The molecule has 6 aromatic carbocycles. The van der Waals surface area contributed by atoms with Gasteiger partial charge in [-0.15, -0.1) is 0 Å². The zero-order chi connectivity index (χ0) is 28.3. The summed E-state index contributed by atoms with van der Waals surface area (Å²) < 4.78 is 6.19. The predicted octanol–water partition coefficient (Wildman–Crippen LogP) is 9.50. The summed E-state index contributed by atoms with van der Waals surface area (Å²) in [6.07, 6.45) is 0. The molecule has 0 radical (unpaired) electrons. The van der Waals surface area contributed by atoms with Crippen LogP contribution in [-0.2, 0) is 6.54 Å². The Morgan fingerprint density at radius 1 is 0.548 bits per heavy atom. The lowest BCUT2D eigenvalue weighted by Gasteiger charge is -2.12. The Morgan fingerprint density at radius 3 is 2.02 bits per heavy atom. The summed E-state index contributed by atoms with van der Waals surface area (Å²) in [7, 11) is 0. The Balaban J connectivity index is 1.39. The highest BCUT2D eigenvalue weighted by molar-refractivity contribution is 6.20. The smallest absolute Gasteiger partial charge is 0.161 e. The van der Waals surface area contributed by atoms with E-state index in [9.17, 15) is 0 Å². The van der Waals surface area contributed by atoms with Gasteiger partial charge in [0.25, 0.3) is 0 Å². The van der Waals surface area contributed by atoms with Gasteiger partial charge in [0, 0.05) is 21.9 Å². The lowest BCUT2D eigenvalue weighted by atomic mass is 9.93. The molecule has 0 aliphatic heterocycles. The maximum Gasteiger partial charge on any atom is 0.161 e. The summed E-state index contributed by atoms with van der Waals surface area (Å²) in [5.41, 5.74) is 6.94. The molecule has 0 aliphatic carbocycles. The summed E-state index contributed by atoms with van der Waals surface area (Å²) in [6.45, 7) is 4.42. The molecular weight excluding hydrogens is 514 g/mol. The van der Waals surface area contributed by atoms with E-state index in [0.29, 0.717) is 18.2 Å². The van der Waals surface area contributed by atoms with Crippen LogP contribution < -0.4 is 0 Å².